The Morgan fingerprint density at radius 3 is 1.55 bits per heavy atom. The van der Waals surface area contributed by atoms with Crippen LogP contribution in [0.1, 0.15) is 31.7 Å². The summed E-state index contributed by atoms with van der Waals surface area (Å²) < 4.78 is 32.2. The lowest BCUT2D eigenvalue weighted by molar-refractivity contribution is -0.131. The van der Waals surface area contributed by atoms with Crippen LogP contribution in [-0.2, 0) is 47.6 Å². The largest absolute Gasteiger partial charge is 0.386 e. The molecule has 0 spiro atoms. The Balaban J connectivity index is 1.74. The van der Waals surface area contributed by atoms with Gasteiger partial charge in [0.1, 0.15) is 13.2 Å². The van der Waals surface area contributed by atoms with Crippen molar-refractivity contribution in [3.8, 4) is 0 Å². The molecule has 0 bridgehead atoms. The molecule has 1 rings (SSSR count). The Kier molecular flexibility index (Phi) is 26.4. The van der Waals surface area contributed by atoms with Crippen molar-refractivity contribution < 1.29 is 47.6 Å². The highest BCUT2D eigenvalue weighted by Crippen LogP contribution is 1.94. The van der Waals surface area contributed by atoms with E-state index in [9.17, 15) is 14.4 Å². The highest BCUT2D eigenvalue weighted by Gasteiger charge is 2.05. The SMILES string of the molecule is CCCCCNC(=O)COCC(=O)NCCOCCOCCOCCOCCOCCNC(=O)CON=Cc1ccccc1. The van der Waals surface area contributed by atoms with Crippen molar-refractivity contribution in [1.82, 2.24) is 16.0 Å². The van der Waals surface area contributed by atoms with Gasteiger partial charge in [0.2, 0.25) is 11.8 Å². The third-order valence-corrected chi connectivity index (χ3v) is 5.47. The molecule has 0 saturated carbocycles. The van der Waals surface area contributed by atoms with Gasteiger partial charge in [0.25, 0.3) is 5.91 Å². The van der Waals surface area contributed by atoms with Crippen LogP contribution < -0.4 is 16.0 Å². The Morgan fingerprint density at radius 1 is 0.591 bits per heavy atom. The van der Waals surface area contributed by atoms with Crippen molar-refractivity contribution in [2.45, 2.75) is 26.2 Å². The highest BCUT2D eigenvalue weighted by atomic mass is 16.6. The van der Waals surface area contributed by atoms with Gasteiger partial charge in [0.15, 0.2) is 6.61 Å². The number of amides is 3. The van der Waals surface area contributed by atoms with E-state index in [0.29, 0.717) is 85.7 Å². The number of nitrogens with one attached hydrogen (secondary N) is 3. The van der Waals surface area contributed by atoms with E-state index < -0.39 is 0 Å². The standard InChI is InChI=1S/C30H50N4O10/c1-2-3-7-10-31-28(35)24-43-25-29(36)32-11-13-38-15-17-40-19-21-42-22-20-41-18-16-39-14-12-33-30(37)26-44-34-23-27-8-5-4-6-9-27/h4-6,8-9,23H,2-3,7,10-22,24-26H2,1H3,(H,31,35)(H,32,36)(H,33,37). The molecule has 1 aromatic carbocycles. The summed E-state index contributed by atoms with van der Waals surface area (Å²) in [6.45, 7) is 7.07. The molecule has 0 aliphatic heterocycles. The van der Waals surface area contributed by atoms with Gasteiger partial charge in [-0.15, -0.1) is 0 Å². The van der Waals surface area contributed by atoms with Crippen LogP contribution in [0.3, 0.4) is 0 Å². The minimum Gasteiger partial charge on any atom is -0.386 e. The van der Waals surface area contributed by atoms with E-state index in [1.807, 2.05) is 30.3 Å². The number of ether oxygens (including phenoxy) is 6. The first-order valence-electron chi connectivity index (χ1n) is 15.1. The lowest BCUT2D eigenvalue weighted by Gasteiger charge is -2.09. The van der Waals surface area contributed by atoms with Crippen LogP contribution >= 0.6 is 0 Å². The zero-order chi connectivity index (χ0) is 31.8. The average Bonchev–Trinajstić information content (AvgIpc) is 3.03. The Hall–Kier alpha value is -3.14. The summed E-state index contributed by atoms with van der Waals surface area (Å²) in [5.74, 6) is -0.793. The van der Waals surface area contributed by atoms with Gasteiger partial charge in [-0.2, -0.15) is 0 Å². The zero-order valence-corrected chi connectivity index (χ0v) is 25.9. The lowest BCUT2D eigenvalue weighted by atomic mass is 10.2. The molecular weight excluding hydrogens is 576 g/mol. The average molecular weight is 627 g/mol. The third kappa shape index (κ3) is 26.5. The summed E-state index contributed by atoms with van der Waals surface area (Å²) in [5.41, 5.74) is 0.889. The number of oxime groups is 1. The summed E-state index contributed by atoms with van der Waals surface area (Å²) in [4.78, 5) is 39.9. The Morgan fingerprint density at radius 2 is 1.05 bits per heavy atom. The van der Waals surface area contributed by atoms with Gasteiger partial charge < -0.3 is 49.2 Å². The van der Waals surface area contributed by atoms with E-state index in [0.717, 1.165) is 24.8 Å². The molecule has 0 fully saturated rings. The van der Waals surface area contributed by atoms with E-state index in [1.165, 1.54) is 0 Å². The molecule has 14 heteroatoms. The van der Waals surface area contributed by atoms with Crippen LogP contribution in [0.5, 0.6) is 0 Å². The smallest absolute Gasteiger partial charge is 0.260 e. The molecule has 3 amide bonds. The maximum atomic E-state index is 11.7. The van der Waals surface area contributed by atoms with Gasteiger partial charge in [-0.1, -0.05) is 55.3 Å². The van der Waals surface area contributed by atoms with E-state index in [-0.39, 0.29) is 37.5 Å². The maximum absolute atomic E-state index is 11.7. The first-order chi connectivity index (χ1) is 21.6. The second kappa shape index (κ2) is 29.9. The van der Waals surface area contributed by atoms with Gasteiger partial charge in [0, 0.05) is 19.6 Å². The Labute approximate surface area is 260 Å². The van der Waals surface area contributed by atoms with Gasteiger partial charge >= 0.3 is 0 Å². The molecule has 14 nitrogen and oxygen atoms in total. The van der Waals surface area contributed by atoms with E-state index >= 15 is 0 Å². The second-order valence-corrected chi connectivity index (χ2v) is 9.23. The summed E-state index contributed by atoms with van der Waals surface area (Å²) in [6.07, 6.45) is 4.64. The normalized spacial score (nSPS) is 11.0. The van der Waals surface area contributed by atoms with Crippen LogP contribution in [0.2, 0.25) is 0 Å². The van der Waals surface area contributed by atoms with E-state index in [4.69, 9.17) is 33.3 Å². The fourth-order valence-electron chi connectivity index (χ4n) is 3.23. The van der Waals surface area contributed by atoms with Crippen molar-refractivity contribution in [2.75, 3.05) is 106 Å². The quantitative estimate of drug-likeness (QED) is 0.0628. The van der Waals surface area contributed by atoms with Crippen LogP contribution in [0.15, 0.2) is 35.5 Å². The van der Waals surface area contributed by atoms with Crippen LogP contribution in [0, 0.1) is 0 Å². The molecule has 0 unspecified atom stereocenters. The zero-order valence-electron chi connectivity index (χ0n) is 25.9. The number of nitrogens with zero attached hydrogens (tertiary/aromatic N) is 1. The molecule has 250 valence electrons. The number of unbranched alkanes of at least 4 members (excludes halogenated alkanes) is 2. The molecule has 44 heavy (non-hydrogen) atoms. The number of carbonyl (C=O) groups is 3. The van der Waals surface area contributed by atoms with Gasteiger partial charge in [-0.05, 0) is 12.0 Å². The number of hydrogen-bond donors (Lipinski definition) is 3. The van der Waals surface area contributed by atoms with E-state index in [2.05, 4.69) is 28.0 Å². The lowest BCUT2D eigenvalue weighted by Crippen LogP contribution is -2.33. The highest BCUT2D eigenvalue weighted by molar-refractivity contribution is 5.80. The minimum atomic E-state index is -0.300. The van der Waals surface area contributed by atoms with Crippen molar-refractivity contribution in [2.24, 2.45) is 5.16 Å². The number of benzene rings is 1. The molecule has 3 N–H and O–H groups in total. The van der Waals surface area contributed by atoms with Crippen LogP contribution in [0.4, 0.5) is 0 Å². The molecule has 0 aliphatic rings. The molecule has 0 heterocycles. The molecule has 0 saturated heterocycles. The fourth-order valence-corrected chi connectivity index (χ4v) is 3.23. The predicted octanol–water partition coefficient (Wildman–Crippen LogP) is 0.676. The van der Waals surface area contributed by atoms with Gasteiger partial charge in [0.05, 0.1) is 72.3 Å². The number of hydrogen-bond acceptors (Lipinski definition) is 11. The first kappa shape index (κ1) is 38.9. The monoisotopic (exact) mass is 626 g/mol. The summed E-state index contributed by atoms with van der Waals surface area (Å²) in [5, 5.41) is 11.8. The molecular formula is C30H50N4O10. The molecule has 1 aromatic rings. The van der Waals surface area contributed by atoms with Gasteiger partial charge in [-0.25, -0.2) is 0 Å². The second-order valence-electron chi connectivity index (χ2n) is 9.23. The summed E-state index contributed by atoms with van der Waals surface area (Å²) >= 11 is 0. The van der Waals surface area contributed by atoms with E-state index in [1.54, 1.807) is 6.21 Å². The van der Waals surface area contributed by atoms with Crippen molar-refractivity contribution >= 4 is 23.9 Å². The third-order valence-electron chi connectivity index (χ3n) is 5.47. The Bertz CT molecular complexity index is 877. The maximum Gasteiger partial charge on any atom is 0.260 e. The first-order valence-corrected chi connectivity index (χ1v) is 15.1. The van der Waals surface area contributed by atoms with Crippen LogP contribution in [0.25, 0.3) is 0 Å². The summed E-state index contributed by atoms with van der Waals surface area (Å²) in [7, 11) is 0. The molecule has 0 aromatic heterocycles. The van der Waals surface area contributed by atoms with Crippen LogP contribution in [-0.4, -0.2) is 129 Å². The predicted molar refractivity (Wildman–Crippen MR) is 163 cm³/mol. The van der Waals surface area contributed by atoms with Gasteiger partial charge in [-0.3, -0.25) is 14.4 Å². The van der Waals surface area contributed by atoms with Crippen molar-refractivity contribution in [3.05, 3.63) is 35.9 Å². The number of carbonyl (C=O) groups excluding carboxylic acids is 3. The van der Waals surface area contributed by atoms with Crippen molar-refractivity contribution in [1.29, 1.82) is 0 Å². The fraction of sp³-hybridized carbons (Fsp3) is 0.667. The number of rotatable bonds is 30. The topological polar surface area (TPSA) is 164 Å². The molecule has 0 radical (unpaired) electrons. The molecule has 0 atom stereocenters. The minimum absolute atomic E-state index is 0.131. The summed E-state index contributed by atoms with van der Waals surface area (Å²) in [6, 6.07) is 9.45. The molecule has 0 aliphatic carbocycles. The van der Waals surface area contributed by atoms with Crippen molar-refractivity contribution in [3.63, 3.8) is 0 Å².